The van der Waals surface area contributed by atoms with Crippen LogP contribution in [0.3, 0.4) is 0 Å². The van der Waals surface area contributed by atoms with Gasteiger partial charge < -0.3 is 14.8 Å². The maximum atomic E-state index is 11.9. The van der Waals surface area contributed by atoms with Crippen molar-refractivity contribution in [2.75, 3.05) is 6.54 Å². The zero-order valence-electron chi connectivity index (χ0n) is 20.0. The van der Waals surface area contributed by atoms with Crippen LogP contribution < -0.4 is 5.32 Å². The normalized spacial score (nSPS) is 11.2. The van der Waals surface area contributed by atoms with Crippen LogP contribution in [-0.2, 0) is 22.4 Å². The third-order valence-corrected chi connectivity index (χ3v) is 6.92. The molecular formula is C25H31N3O4S. The van der Waals surface area contributed by atoms with Crippen LogP contribution in [0.2, 0.25) is 0 Å². The molecule has 1 aromatic carbocycles. The minimum absolute atomic E-state index is 0.231. The molecule has 1 amide bonds. The van der Waals surface area contributed by atoms with Gasteiger partial charge >= 0.3 is 5.97 Å². The molecule has 0 radical (unpaired) electrons. The molecule has 176 valence electrons. The lowest BCUT2D eigenvalue weighted by molar-refractivity contribution is -0.137. The molecule has 2 heterocycles. The van der Waals surface area contributed by atoms with Gasteiger partial charge in [-0.05, 0) is 86.4 Å². The fourth-order valence-corrected chi connectivity index (χ4v) is 5.16. The van der Waals surface area contributed by atoms with Crippen LogP contribution in [0.1, 0.15) is 53.0 Å². The Hall–Kier alpha value is -3.00. The van der Waals surface area contributed by atoms with Crippen LogP contribution in [0.5, 0.6) is 0 Å². The quantitative estimate of drug-likeness (QED) is 0.455. The zero-order chi connectivity index (χ0) is 24.3. The third kappa shape index (κ3) is 5.87. The van der Waals surface area contributed by atoms with E-state index in [1.54, 1.807) is 11.3 Å². The number of nitrogens with zero attached hydrogens (tertiary/aromatic N) is 2. The highest BCUT2D eigenvalue weighted by Gasteiger charge is 2.20. The molecule has 0 saturated carbocycles. The van der Waals surface area contributed by atoms with Gasteiger partial charge in [0.1, 0.15) is 6.54 Å². The Balaban J connectivity index is 1.79. The summed E-state index contributed by atoms with van der Waals surface area (Å²) in [6.07, 6.45) is 1.79. The maximum Gasteiger partial charge on any atom is 0.322 e. The van der Waals surface area contributed by atoms with Crippen molar-refractivity contribution in [1.29, 1.82) is 0 Å². The van der Waals surface area contributed by atoms with E-state index in [1.165, 1.54) is 16.0 Å². The minimum Gasteiger partial charge on any atom is -0.480 e. The highest BCUT2D eigenvalue weighted by atomic mass is 32.1. The molecule has 3 aromatic rings. The van der Waals surface area contributed by atoms with Crippen LogP contribution in [-0.4, -0.2) is 33.7 Å². The molecule has 0 aliphatic rings. The van der Waals surface area contributed by atoms with E-state index in [2.05, 4.69) is 43.2 Å². The molecule has 8 heteroatoms. The number of rotatable bonds is 9. The number of hydrogen-bond acceptors (Lipinski definition) is 6. The van der Waals surface area contributed by atoms with Crippen molar-refractivity contribution in [1.82, 2.24) is 15.5 Å². The second kappa shape index (κ2) is 10.3. The van der Waals surface area contributed by atoms with E-state index < -0.39 is 5.97 Å². The molecule has 2 N–H and O–H groups in total. The van der Waals surface area contributed by atoms with Crippen LogP contribution in [0.15, 0.2) is 16.5 Å². The van der Waals surface area contributed by atoms with Gasteiger partial charge in [0, 0.05) is 16.9 Å². The fourth-order valence-electron chi connectivity index (χ4n) is 4.05. The number of carboxylic acid groups (broad SMARTS) is 1. The molecule has 2 aromatic heterocycles. The molecular weight excluding hydrogens is 438 g/mol. The molecule has 0 spiro atoms. The first-order chi connectivity index (χ1) is 15.6. The summed E-state index contributed by atoms with van der Waals surface area (Å²) in [7, 11) is 0. The van der Waals surface area contributed by atoms with Crippen LogP contribution in [0, 0.1) is 33.6 Å². The van der Waals surface area contributed by atoms with E-state index in [0.717, 1.165) is 33.6 Å². The number of nitrogens with one attached hydrogen (secondary N) is 1. The number of amides is 1. The molecule has 0 bridgehead atoms. The number of benzene rings is 1. The van der Waals surface area contributed by atoms with Crippen molar-refractivity contribution in [2.45, 2.75) is 60.8 Å². The van der Waals surface area contributed by atoms with E-state index in [1.807, 2.05) is 26.0 Å². The maximum absolute atomic E-state index is 11.9. The number of carbonyl (C=O) groups excluding carboxylic acids is 1. The zero-order valence-corrected chi connectivity index (χ0v) is 20.9. The summed E-state index contributed by atoms with van der Waals surface area (Å²) in [6, 6.07) is 3.98. The summed E-state index contributed by atoms with van der Waals surface area (Å²) in [5, 5.41) is 19.7. The molecule has 33 heavy (non-hydrogen) atoms. The molecule has 0 aliphatic heterocycles. The number of thiophene rings is 1. The van der Waals surface area contributed by atoms with Gasteiger partial charge in [-0.25, -0.2) is 0 Å². The van der Waals surface area contributed by atoms with E-state index in [9.17, 15) is 9.59 Å². The van der Waals surface area contributed by atoms with E-state index in [0.29, 0.717) is 24.1 Å². The first-order valence-corrected chi connectivity index (χ1v) is 11.9. The van der Waals surface area contributed by atoms with Crippen LogP contribution in [0.4, 0.5) is 0 Å². The van der Waals surface area contributed by atoms with Gasteiger partial charge in [0.2, 0.25) is 11.8 Å². The third-order valence-electron chi connectivity index (χ3n) is 5.69. The highest BCUT2D eigenvalue weighted by molar-refractivity contribution is 7.15. The van der Waals surface area contributed by atoms with Crippen molar-refractivity contribution in [3.05, 3.63) is 44.8 Å². The topological polar surface area (TPSA) is 105 Å². The number of aromatic nitrogens is 2. The van der Waals surface area contributed by atoms with Gasteiger partial charge in [0.25, 0.3) is 5.89 Å². The number of hydrogen-bond donors (Lipinski definition) is 2. The van der Waals surface area contributed by atoms with Gasteiger partial charge in [-0.1, -0.05) is 13.8 Å². The average molecular weight is 470 g/mol. The average Bonchev–Trinajstić information content (AvgIpc) is 3.32. The second-order valence-corrected chi connectivity index (χ2v) is 10.1. The monoisotopic (exact) mass is 469 g/mol. The SMILES string of the molecule is Cc1cc(-c2nnc(-c3sc(C)c(CC(C)C)c3C)o2)cc(C)c1CCC(=O)NCC(=O)O. The predicted molar refractivity (Wildman–Crippen MR) is 130 cm³/mol. The summed E-state index contributed by atoms with van der Waals surface area (Å²) in [6.45, 7) is 12.3. The minimum atomic E-state index is -1.05. The lowest BCUT2D eigenvalue weighted by Crippen LogP contribution is -2.29. The van der Waals surface area contributed by atoms with Crippen molar-refractivity contribution in [2.24, 2.45) is 5.92 Å². The van der Waals surface area contributed by atoms with Gasteiger partial charge in [-0.2, -0.15) is 0 Å². The van der Waals surface area contributed by atoms with Crippen molar-refractivity contribution >= 4 is 23.2 Å². The molecule has 7 nitrogen and oxygen atoms in total. The summed E-state index contributed by atoms with van der Waals surface area (Å²) in [4.78, 5) is 24.8. The van der Waals surface area contributed by atoms with Crippen molar-refractivity contribution < 1.29 is 19.1 Å². The molecule has 0 saturated heterocycles. The number of carboxylic acids is 1. The van der Waals surface area contributed by atoms with Gasteiger partial charge in [0.05, 0.1) is 4.88 Å². The van der Waals surface area contributed by atoms with Crippen LogP contribution >= 0.6 is 11.3 Å². The fraction of sp³-hybridized carbons (Fsp3) is 0.440. The summed E-state index contributed by atoms with van der Waals surface area (Å²) >= 11 is 1.70. The lowest BCUT2D eigenvalue weighted by Gasteiger charge is -2.11. The smallest absolute Gasteiger partial charge is 0.322 e. The molecule has 0 fully saturated rings. The van der Waals surface area contributed by atoms with Gasteiger partial charge in [-0.15, -0.1) is 21.5 Å². The van der Waals surface area contributed by atoms with E-state index in [4.69, 9.17) is 9.52 Å². The number of carbonyl (C=O) groups is 2. The second-order valence-electron chi connectivity index (χ2n) is 8.86. The Kier molecular flexibility index (Phi) is 7.68. The molecule has 3 rings (SSSR count). The van der Waals surface area contributed by atoms with Gasteiger partial charge in [-0.3, -0.25) is 9.59 Å². The highest BCUT2D eigenvalue weighted by Crippen LogP contribution is 2.37. The first kappa shape index (κ1) is 24.6. The van der Waals surface area contributed by atoms with E-state index >= 15 is 0 Å². The largest absolute Gasteiger partial charge is 0.480 e. The molecule has 0 unspecified atom stereocenters. The Bertz CT molecular complexity index is 1150. The summed E-state index contributed by atoms with van der Waals surface area (Å²) < 4.78 is 6.08. The van der Waals surface area contributed by atoms with Gasteiger partial charge in [0.15, 0.2) is 0 Å². The van der Waals surface area contributed by atoms with E-state index in [-0.39, 0.29) is 18.9 Å². The Morgan fingerprint density at radius 3 is 2.30 bits per heavy atom. The van der Waals surface area contributed by atoms with Crippen molar-refractivity contribution in [3.63, 3.8) is 0 Å². The number of aryl methyl sites for hydroxylation is 3. The lowest BCUT2D eigenvalue weighted by atomic mass is 9.95. The Morgan fingerprint density at radius 1 is 1.06 bits per heavy atom. The summed E-state index contributed by atoms with van der Waals surface area (Å²) in [5.74, 6) is 0.261. The number of aliphatic carboxylic acids is 1. The summed E-state index contributed by atoms with van der Waals surface area (Å²) in [5.41, 5.74) is 6.54. The first-order valence-electron chi connectivity index (χ1n) is 11.1. The predicted octanol–water partition coefficient (Wildman–Crippen LogP) is 5.03. The Morgan fingerprint density at radius 2 is 1.70 bits per heavy atom. The van der Waals surface area contributed by atoms with Crippen molar-refractivity contribution in [3.8, 4) is 22.2 Å². The Labute approximate surface area is 198 Å². The molecule has 0 atom stereocenters. The van der Waals surface area contributed by atoms with Crippen LogP contribution in [0.25, 0.3) is 22.2 Å². The molecule has 0 aliphatic carbocycles. The standard InChI is InChI=1S/C25H31N3O4S/c1-13(2)9-20-16(5)23(33-17(20)6)25-28-27-24(32-25)18-10-14(3)19(15(4)11-18)7-8-21(29)26-12-22(30)31/h10-11,13H,7-9,12H2,1-6H3,(H,26,29)(H,30,31).